The van der Waals surface area contributed by atoms with Crippen molar-refractivity contribution in [1.29, 1.82) is 0 Å². The van der Waals surface area contributed by atoms with E-state index < -0.39 is 8.56 Å². The molecule has 0 aliphatic carbocycles. The van der Waals surface area contributed by atoms with Crippen molar-refractivity contribution in [2.45, 2.75) is 12.5 Å². The van der Waals surface area contributed by atoms with Crippen LogP contribution >= 0.6 is 0 Å². The summed E-state index contributed by atoms with van der Waals surface area (Å²) >= 11 is 0. The Labute approximate surface area is 86.2 Å². The molecule has 0 bridgehead atoms. The molecule has 0 saturated carbocycles. The van der Waals surface area contributed by atoms with E-state index in [2.05, 4.69) is 5.32 Å². The maximum atomic E-state index is 10.8. The Bertz CT molecular complexity index is 154. The van der Waals surface area contributed by atoms with Gasteiger partial charge in [0.1, 0.15) is 0 Å². The van der Waals surface area contributed by atoms with Gasteiger partial charge in [-0.15, -0.1) is 0 Å². The smallest absolute Gasteiger partial charge is 0.393 e. The van der Waals surface area contributed by atoms with Crippen LogP contribution in [0.1, 0.15) is 6.42 Å². The van der Waals surface area contributed by atoms with Crippen LogP contribution < -0.4 is 11.1 Å². The van der Waals surface area contributed by atoms with E-state index in [4.69, 9.17) is 14.6 Å². The van der Waals surface area contributed by atoms with Crippen LogP contribution in [-0.2, 0) is 13.6 Å². The fraction of sp³-hybridized carbons (Fsp3) is 0.875. The molecule has 14 heavy (non-hydrogen) atoms. The molecule has 0 radical (unpaired) electrons. The largest absolute Gasteiger partial charge is 0.405 e. The molecule has 0 rings (SSSR count). The van der Waals surface area contributed by atoms with Gasteiger partial charge >= 0.3 is 8.56 Å². The SMILES string of the molecule is CO[Si](C=O)(CCCNCCN)OC. The predicted octanol–water partition coefficient (Wildman–Crippen LogP) is -0.568. The Hall–Kier alpha value is -0.273. The van der Waals surface area contributed by atoms with Crippen LogP contribution in [0.15, 0.2) is 0 Å². The summed E-state index contributed by atoms with van der Waals surface area (Å²) in [5.41, 5.74) is 5.32. The number of hydrogen-bond acceptors (Lipinski definition) is 5. The third kappa shape index (κ3) is 4.82. The van der Waals surface area contributed by atoms with Gasteiger partial charge < -0.3 is 24.7 Å². The predicted molar refractivity (Wildman–Crippen MR) is 57.9 cm³/mol. The highest BCUT2D eigenvalue weighted by molar-refractivity contribution is 6.91. The summed E-state index contributed by atoms with van der Waals surface area (Å²) in [5.74, 6) is 0.829. The van der Waals surface area contributed by atoms with E-state index in [1.807, 2.05) is 0 Å². The summed E-state index contributed by atoms with van der Waals surface area (Å²) < 4.78 is 10.3. The number of carbonyl (C=O) groups is 1. The quantitative estimate of drug-likeness (QED) is 0.309. The molecule has 0 fully saturated rings. The molecule has 0 aromatic carbocycles. The van der Waals surface area contributed by atoms with Gasteiger partial charge in [-0.1, -0.05) is 0 Å². The van der Waals surface area contributed by atoms with Crippen molar-refractivity contribution in [3.63, 3.8) is 0 Å². The van der Waals surface area contributed by atoms with Gasteiger partial charge in [-0.2, -0.15) is 0 Å². The maximum absolute atomic E-state index is 10.8. The monoisotopic (exact) mass is 220 g/mol. The lowest BCUT2D eigenvalue weighted by Gasteiger charge is -2.20. The molecule has 0 aliphatic heterocycles. The second-order valence-electron chi connectivity index (χ2n) is 2.98. The summed E-state index contributed by atoms with van der Waals surface area (Å²) in [5, 5.41) is 3.15. The van der Waals surface area contributed by atoms with Gasteiger partial charge in [0.15, 0.2) is 5.91 Å². The van der Waals surface area contributed by atoms with E-state index in [-0.39, 0.29) is 0 Å². The highest BCUT2D eigenvalue weighted by Gasteiger charge is 2.34. The average molecular weight is 220 g/mol. The van der Waals surface area contributed by atoms with Crippen molar-refractivity contribution in [1.82, 2.24) is 5.32 Å². The van der Waals surface area contributed by atoms with Gasteiger partial charge in [-0.3, -0.25) is 0 Å². The number of nitrogens with two attached hydrogens (primary N) is 1. The first-order valence-electron chi connectivity index (χ1n) is 4.72. The zero-order valence-corrected chi connectivity index (χ0v) is 9.91. The van der Waals surface area contributed by atoms with Crippen molar-refractivity contribution in [3.8, 4) is 0 Å². The minimum absolute atomic E-state index is 0.630. The summed E-state index contributed by atoms with van der Waals surface area (Å²) in [6, 6.07) is 0.682. The minimum Gasteiger partial charge on any atom is -0.393 e. The Kier molecular flexibility index (Phi) is 7.91. The van der Waals surface area contributed by atoms with E-state index in [1.165, 1.54) is 14.2 Å². The Morgan fingerprint density at radius 1 is 1.36 bits per heavy atom. The minimum atomic E-state index is -2.53. The summed E-state index contributed by atoms with van der Waals surface area (Å²) in [6.45, 7) is 2.27. The van der Waals surface area contributed by atoms with Gasteiger partial charge in [0.25, 0.3) is 0 Å². The van der Waals surface area contributed by atoms with E-state index in [0.29, 0.717) is 12.6 Å². The molecule has 6 heteroatoms. The fourth-order valence-corrected chi connectivity index (χ4v) is 2.68. The Morgan fingerprint density at radius 3 is 2.43 bits per heavy atom. The van der Waals surface area contributed by atoms with Gasteiger partial charge in [-0.25, -0.2) is 0 Å². The topological polar surface area (TPSA) is 73.6 Å². The molecule has 0 heterocycles. The second kappa shape index (κ2) is 8.07. The van der Waals surface area contributed by atoms with E-state index in [1.54, 1.807) is 0 Å². The first-order valence-corrected chi connectivity index (χ1v) is 6.82. The van der Waals surface area contributed by atoms with Crippen molar-refractivity contribution < 1.29 is 13.6 Å². The van der Waals surface area contributed by atoms with Crippen LogP contribution in [0.5, 0.6) is 0 Å². The van der Waals surface area contributed by atoms with Crippen molar-refractivity contribution in [2.24, 2.45) is 5.73 Å². The van der Waals surface area contributed by atoms with Crippen molar-refractivity contribution >= 4 is 14.5 Å². The standard InChI is InChI=1S/C8H20N2O3Si/c1-12-14(8-11,13-2)7-3-5-10-6-4-9/h8,10H,3-7,9H2,1-2H3. The number of carbonyl (C=O) groups excluding carboxylic acids is 1. The molecular weight excluding hydrogens is 200 g/mol. The van der Waals surface area contributed by atoms with Crippen LogP contribution in [-0.4, -0.2) is 48.3 Å². The van der Waals surface area contributed by atoms with E-state index >= 15 is 0 Å². The van der Waals surface area contributed by atoms with E-state index in [0.717, 1.165) is 25.4 Å². The molecular formula is C8H20N2O3Si. The van der Waals surface area contributed by atoms with Gasteiger partial charge in [-0.05, 0) is 19.0 Å². The molecule has 0 aromatic rings. The molecule has 0 spiro atoms. The van der Waals surface area contributed by atoms with Crippen molar-refractivity contribution in [3.05, 3.63) is 0 Å². The highest BCUT2D eigenvalue weighted by Crippen LogP contribution is 2.10. The molecule has 0 amide bonds. The molecule has 0 saturated heterocycles. The highest BCUT2D eigenvalue weighted by atomic mass is 28.4. The zero-order valence-electron chi connectivity index (χ0n) is 8.91. The molecule has 3 N–H and O–H groups in total. The maximum Gasteiger partial charge on any atom is 0.405 e. The molecule has 5 nitrogen and oxygen atoms in total. The summed E-state index contributed by atoms with van der Waals surface area (Å²) in [4.78, 5) is 10.8. The van der Waals surface area contributed by atoms with Gasteiger partial charge in [0.05, 0.1) is 0 Å². The van der Waals surface area contributed by atoms with Crippen molar-refractivity contribution in [2.75, 3.05) is 33.9 Å². The second-order valence-corrected chi connectivity index (χ2v) is 6.16. The molecule has 84 valence electrons. The van der Waals surface area contributed by atoms with Crippen LogP contribution in [0, 0.1) is 0 Å². The Balaban J connectivity index is 3.66. The normalized spacial score (nSPS) is 11.6. The third-order valence-electron chi connectivity index (χ3n) is 2.07. The molecule has 0 aliphatic rings. The fourth-order valence-electron chi connectivity index (χ4n) is 1.13. The lowest BCUT2D eigenvalue weighted by Crippen LogP contribution is -2.43. The third-order valence-corrected chi connectivity index (χ3v) is 4.86. The lowest BCUT2D eigenvalue weighted by atomic mass is 10.5. The van der Waals surface area contributed by atoms with Crippen LogP contribution in [0.25, 0.3) is 0 Å². The molecule has 0 unspecified atom stereocenters. The van der Waals surface area contributed by atoms with Gasteiger partial charge in [0.2, 0.25) is 0 Å². The molecule has 0 atom stereocenters. The van der Waals surface area contributed by atoms with Crippen LogP contribution in [0.4, 0.5) is 0 Å². The molecule has 0 aromatic heterocycles. The average Bonchev–Trinajstić information content (AvgIpc) is 2.24. The first-order chi connectivity index (χ1) is 6.74. The summed E-state index contributed by atoms with van der Waals surface area (Å²) in [7, 11) is 0.521. The first kappa shape index (κ1) is 13.7. The lowest BCUT2D eigenvalue weighted by molar-refractivity contribution is 0.257. The van der Waals surface area contributed by atoms with Crippen LogP contribution in [0.3, 0.4) is 0 Å². The summed E-state index contributed by atoms with van der Waals surface area (Å²) in [6.07, 6.45) is 0.868. The number of nitrogens with one attached hydrogen (secondary N) is 1. The van der Waals surface area contributed by atoms with Crippen LogP contribution in [0.2, 0.25) is 6.04 Å². The number of rotatable bonds is 9. The van der Waals surface area contributed by atoms with E-state index in [9.17, 15) is 4.79 Å². The van der Waals surface area contributed by atoms with Gasteiger partial charge in [0, 0.05) is 27.3 Å². The zero-order chi connectivity index (χ0) is 10.9. The number of hydrogen-bond donors (Lipinski definition) is 2. The Morgan fingerprint density at radius 2 is 2.00 bits per heavy atom.